The van der Waals surface area contributed by atoms with Crippen LogP contribution in [-0.2, 0) is 15.8 Å². The Bertz CT molecular complexity index is 545. The fraction of sp³-hybridized carbons (Fsp3) is 0.417. The SMILES string of the molecule is CN1C(=O)CCC(Nc2ncccc2C(F)(F)F)C1=O. The van der Waals surface area contributed by atoms with Crippen LogP contribution in [0.1, 0.15) is 18.4 Å². The van der Waals surface area contributed by atoms with Crippen molar-refractivity contribution in [3.8, 4) is 0 Å². The van der Waals surface area contributed by atoms with Crippen LogP contribution in [0.2, 0.25) is 0 Å². The first-order valence-electron chi connectivity index (χ1n) is 5.90. The van der Waals surface area contributed by atoms with Gasteiger partial charge in [0.15, 0.2) is 0 Å². The number of imide groups is 1. The lowest BCUT2D eigenvalue weighted by Gasteiger charge is -2.29. The molecule has 1 aromatic heterocycles. The molecule has 2 rings (SSSR count). The van der Waals surface area contributed by atoms with Crippen molar-refractivity contribution in [1.82, 2.24) is 9.88 Å². The summed E-state index contributed by atoms with van der Waals surface area (Å²) in [5, 5.41) is 2.48. The van der Waals surface area contributed by atoms with Crippen molar-refractivity contribution in [2.75, 3.05) is 12.4 Å². The fourth-order valence-electron chi connectivity index (χ4n) is 1.96. The maximum Gasteiger partial charge on any atom is 0.419 e. The Balaban J connectivity index is 2.23. The lowest BCUT2D eigenvalue weighted by Crippen LogP contribution is -2.48. The van der Waals surface area contributed by atoms with E-state index in [4.69, 9.17) is 0 Å². The van der Waals surface area contributed by atoms with Gasteiger partial charge >= 0.3 is 6.18 Å². The highest BCUT2D eigenvalue weighted by Crippen LogP contribution is 2.34. The van der Waals surface area contributed by atoms with Crippen LogP contribution in [0, 0.1) is 0 Å². The lowest BCUT2D eigenvalue weighted by atomic mass is 10.0. The molecule has 0 radical (unpaired) electrons. The molecule has 0 aromatic carbocycles. The standard InChI is InChI=1S/C12H12F3N3O2/c1-18-9(19)5-4-8(11(18)20)17-10-7(12(13,14)15)3-2-6-16-10/h2-3,6,8H,4-5H2,1H3,(H,16,17). The van der Waals surface area contributed by atoms with E-state index in [1.165, 1.54) is 19.3 Å². The number of carbonyl (C=O) groups excluding carboxylic acids is 2. The second kappa shape index (κ2) is 5.10. The molecular weight excluding hydrogens is 275 g/mol. The van der Waals surface area contributed by atoms with Crippen LogP contribution in [0.5, 0.6) is 0 Å². The molecule has 0 aliphatic carbocycles. The van der Waals surface area contributed by atoms with Crippen LogP contribution < -0.4 is 5.32 Å². The zero-order valence-corrected chi connectivity index (χ0v) is 10.6. The number of carbonyl (C=O) groups is 2. The first kappa shape index (κ1) is 14.3. The second-order valence-corrected chi connectivity index (χ2v) is 4.42. The van der Waals surface area contributed by atoms with Crippen LogP contribution in [0.4, 0.5) is 19.0 Å². The topological polar surface area (TPSA) is 62.3 Å². The molecule has 20 heavy (non-hydrogen) atoms. The van der Waals surface area contributed by atoms with Crippen molar-refractivity contribution in [3.05, 3.63) is 23.9 Å². The zero-order valence-electron chi connectivity index (χ0n) is 10.6. The van der Waals surface area contributed by atoms with Crippen LogP contribution in [0.15, 0.2) is 18.3 Å². The Morgan fingerprint density at radius 3 is 2.75 bits per heavy atom. The van der Waals surface area contributed by atoms with Crippen molar-refractivity contribution in [3.63, 3.8) is 0 Å². The van der Waals surface area contributed by atoms with Crippen LogP contribution in [0.25, 0.3) is 0 Å². The Hall–Kier alpha value is -2.12. The maximum absolute atomic E-state index is 12.8. The highest BCUT2D eigenvalue weighted by molar-refractivity contribution is 6.01. The normalized spacial score (nSPS) is 20.2. The summed E-state index contributed by atoms with van der Waals surface area (Å²) in [7, 11) is 1.31. The van der Waals surface area contributed by atoms with Crippen LogP contribution in [-0.4, -0.2) is 34.8 Å². The third-order valence-electron chi connectivity index (χ3n) is 3.07. The quantitative estimate of drug-likeness (QED) is 0.840. The number of rotatable bonds is 2. The number of nitrogens with one attached hydrogen (secondary N) is 1. The fourth-order valence-corrected chi connectivity index (χ4v) is 1.96. The first-order chi connectivity index (χ1) is 9.30. The molecule has 1 aromatic rings. The summed E-state index contributed by atoms with van der Waals surface area (Å²) >= 11 is 0. The summed E-state index contributed by atoms with van der Waals surface area (Å²) in [5.74, 6) is -1.30. The third kappa shape index (κ3) is 2.73. The third-order valence-corrected chi connectivity index (χ3v) is 3.07. The van der Waals surface area contributed by atoms with E-state index >= 15 is 0 Å². The van der Waals surface area contributed by atoms with E-state index in [0.29, 0.717) is 0 Å². The number of nitrogens with zero attached hydrogens (tertiary/aromatic N) is 2. The second-order valence-electron chi connectivity index (χ2n) is 4.42. The molecule has 1 saturated heterocycles. The van der Waals surface area contributed by atoms with Gasteiger partial charge in [0.2, 0.25) is 5.91 Å². The number of aromatic nitrogens is 1. The maximum atomic E-state index is 12.8. The van der Waals surface area contributed by atoms with Gasteiger partial charge in [-0.25, -0.2) is 4.98 Å². The molecule has 1 aliphatic rings. The number of likely N-dealkylation sites (tertiary alicyclic amines) is 1. The zero-order chi connectivity index (χ0) is 14.9. The van der Waals surface area contributed by atoms with E-state index < -0.39 is 29.5 Å². The number of alkyl halides is 3. The van der Waals surface area contributed by atoms with E-state index in [0.717, 1.165) is 11.0 Å². The average molecular weight is 287 g/mol. The van der Waals surface area contributed by atoms with E-state index in [1.807, 2.05) is 0 Å². The Kier molecular flexibility index (Phi) is 3.65. The number of likely N-dealkylation sites (N-methyl/N-ethyl adjacent to an activating group) is 1. The van der Waals surface area contributed by atoms with E-state index in [-0.39, 0.29) is 18.7 Å². The van der Waals surface area contributed by atoms with Crippen molar-refractivity contribution in [2.24, 2.45) is 0 Å². The smallest absolute Gasteiger partial charge is 0.358 e. The van der Waals surface area contributed by atoms with Gasteiger partial charge < -0.3 is 5.32 Å². The number of amides is 2. The molecule has 8 heteroatoms. The molecule has 2 amide bonds. The van der Waals surface area contributed by atoms with E-state index in [2.05, 4.69) is 10.3 Å². The number of hydrogen-bond donors (Lipinski definition) is 1. The number of anilines is 1. The van der Waals surface area contributed by atoms with E-state index in [1.54, 1.807) is 0 Å². The molecule has 0 saturated carbocycles. The highest BCUT2D eigenvalue weighted by atomic mass is 19.4. The molecular formula is C12H12F3N3O2. The molecule has 2 heterocycles. The summed E-state index contributed by atoms with van der Waals surface area (Å²) in [4.78, 5) is 27.7. The van der Waals surface area contributed by atoms with Gasteiger partial charge in [-0.15, -0.1) is 0 Å². The number of piperidine rings is 1. The van der Waals surface area contributed by atoms with Gasteiger partial charge in [0, 0.05) is 19.7 Å². The molecule has 1 atom stereocenters. The number of pyridine rings is 1. The molecule has 0 spiro atoms. The first-order valence-corrected chi connectivity index (χ1v) is 5.90. The van der Waals surface area contributed by atoms with Crippen LogP contribution >= 0.6 is 0 Å². The van der Waals surface area contributed by atoms with Gasteiger partial charge in [-0.1, -0.05) is 0 Å². The van der Waals surface area contributed by atoms with Gasteiger partial charge in [0.05, 0.1) is 5.56 Å². The minimum atomic E-state index is -4.56. The van der Waals surface area contributed by atoms with Crippen molar-refractivity contribution < 1.29 is 22.8 Å². The summed E-state index contributed by atoms with van der Waals surface area (Å²) < 4.78 is 38.4. The Labute approximate surface area is 112 Å². The molecule has 1 fully saturated rings. The number of halogens is 3. The van der Waals surface area contributed by atoms with Gasteiger partial charge in [-0.3, -0.25) is 14.5 Å². The van der Waals surface area contributed by atoms with Crippen molar-refractivity contribution >= 4 is 17.6 Å². The van der Waals surface area contributed by atoms with Gasteiger partial charge in [-0.05, 0) is 18.6 Å². The van der Waals surface area contributed by atoms with Gasteiger partial charge in [0.1, 0.15) is 11.9 Å². The summed E-state index contributed by atoms with van der Waals surface area (Å²) in [5.41, 5.74) is -0.938. The molecule has 1 N–H and O–H groups in total. The van der Waals surface area contributed by atoms with E-state index in [9.17, 15) is 22.8 Å². The molecule has 1 aliphatic heterocycles. The molecule has 5 nitrogen and oxygen atoms in total. The minimum absolute atomic E-state index is 0.105. The Morgan fingerprint density at radius 1 is 1.40 bits per heavy atom. The van der Waals surface area contributed by atoms with Gasteiger partial charge in [0.25, 0.3) is 5.91 Å². The summed E-state index contributed by atoms with van der Waals surface area (Å²) in [6.45, 7) is 0. The van der Waals surface area contributed by atoms with Gasteiger partial charge in [-0.2, -0.15) is 13.2 Å². The lowest BCUT2D eigenvalue weighted by molar-refractivity contribution is -0.147. The average Bonchev–Trinajstić information content (AvgIpc) is 2.39. The van der Waals surface area contributed by atoms with Crippen molar-refractivity contribution in [1.29, 1.82) is 0 Å². The summed E-state index contributed by atoms with van der Waals surface area (Å²) in [6, 6.07) is 1.18. The highest BCUT2D eigenvalue weighted by Gasteiger charge is 2.37. The summed E-state index contributed by atoms with van der Waals surface area (Å²) in [6.07, 6.45) is -3.10. The monoisotopic (exact) mass is 287 g/mol. The molecule has 1 unspecified atom stereocenters. The van der Waals surface area contributed by atoms with Crippen LogP contribution in [0.3, 0.4) is 0 Å². The largest absolute Gasteiger partial charge is 0.419 e. The Morgan fingerprint density at radius 2 is 2.10 bits per heavy atom. The number of hydrogen-bond acceptors (Lipinski definition) is 4. The minimum Gasteiger partial charge on any atom is -0.358 e. The molecule has 108 valence electrons. The van der Waals surface area contributed by atoms with Crippen molar-refractivity contribution in [2.45, 2.75) is 25.1 Å². The molecule has 0 bridgehead atoms. The predicted molar refractivity (Wildman–Crippen MR) is 63.7 cm³/mol. The predicted octanol–water partition coefficient (Wildman–Crippen LogP) is 1.66.